The molecule has 6 nitrogen and oxygen atoms in total. The second-order valence-electron chi connectivity index (χ2n) is 5.65. The quantitative estimate of drug-likeness (QED) is 0.800. The summed E-state index contributed by atoms with van der Waals surface area (Å²) in [5, 5.41) is 13.0. The lowest BCUT2D eigenvalue weighted by atomic mass is 10.1. The third-order valence-corrected chi connectivity index (χ3v) is 5.35. The Morgan fingerprint density at radius 3 is 2.78 bits per heavy atom. The smallest absolute Gasteiger partial charge is 0.243 e. The zero-order chi connectivity index (χ0) is 16.4. The van der Waals surface area contributed by atoms with Gasteiger partial charge in [-0.1, -0.05) is 12.1 Å². The third kappa shape index (κ3) is 3.60. The molecule has 1 heterocycles. The van der Waals surface area contributed by atoms with Crippen LogP contribution >= 0.6 is 0 Å². The first-order valence-electron chi connectivity index (χ1n) is 7.44. The van der Waals surface area contributed by atoms with E-state index in [1.54, 1.807) is 12.1 Å². The Morgan fingerprint density at radius 1 is 1.39 bits per heavy atom. The summed E-state index contributed by atoms with van der Waals surface area (Å²) in [6.07, 6.45) is 4.77. The van der Waals surface area contributed by atoms with Crippen LogP contribution in [0.5, 0.6) is 0 Å². The van der Waals surface area contributed by atoms with Gasteiger partial charge in [-0.25, -0.2) is 22.2 Å². The van der Waals surface area contributed by atoms with Gasteiger partial charge in [0.1, 0.15) is 16.4 Å². The van der Waals surface area contributed by atoms with Gasteiger partial charge in [0.15, 0.2) is 0 Å². The summed E-state index contributed by atoms with van der Waals surface area (Å²) >= 11 is 0. The van der Waals surface area contributed by atoms with E-state index in [4.69, 9.17) is 5.11 Å². The molecule has 124 valence electrons. The second-order valence-corrected chi connectivity index (χ2v) is 7.36. The van der Waals surface area contributed by atoms with E-state index in [1.807, 2.05) is 0 Å². The molecule has 0 aliphatic heterocycles. The molecular formula is C15H18FN3O3S. The number of hydrogen-bond acceptors (Lipinski definition) is 4. The number of rotatable bonds is 7. The third-order valence-electron chi connectivity index (χ3n) is 3.91. The summed E-state index contributed by atoms with van der Waals surface area (Å²) in [5.41, 5.74) is 0.183. The molecule has 0 radical (unpaired) electrons. The molecule has 1 fully saturated rings. The number of benzene rings is 1. The molecule has 2 N–H and O–H groups in total. The van der Waals surface area contributed by atoms with Gasteiger partial charge in [0.05, 0.1) is 12.4 Å². The minimum atomic E-state index is -3.75. The summed E-state index contributed by atoms with van der Waals surface area (Å²) in [7, 11) is -3.75. The van der Waals surface area contributed by atoms with Crippen LogP contribution in [-0.4, -0.2) is 36.0 Å². The van der Waals surface area contributed by atoms with E-state index in [2.05, 4.69) is 9.82 Å². The van der Waals surface area contributed by atoms with Crippen LogP contribution in [0.4, 0.5) is 4.39 Å². The molecule has 1 atom stereocenters. The van der Waals surface area contributed by atoms with Gasteiger partial charge in [0.2, 0.25) is 10.0 Å². The molecule has 0 saturated heterocycles. The lowest BCUT2D eigenvalue weighted by Crippen LogP contribution is -2.37. The van der Waals surface area contributed by atoms with Crippen LogP contribution in [0.3, 0.4) is 0 Å². The van der Waals surface area contributed by atoms with E-state index in [1.165, 1.54) is 29.2 Å². The van der Waals surface area contributed by atoms with E-state index in [0.29, 0.717) is 6.42 Å². The standard InChI is InChI=1S/C15H18FN3O3S/c16-13-3-1-2-4-15(13)19-10-12(9-17-19)23(21,22)18-14(7-8-20)11-5-6-11/h1-4,9-11,14,18,20H,5-8H2. The fourth-order valence-corrected chi connectivity index (χ4v) is 3.78. The van der Waals surface area contributed by atoms with Gasteiger partial charge in [0, 0.05) is 12.6 Å². The first kappa shape index (κ1) is 16.1. The average Bonchev–Trinajstić information content (AvgIpc) is 3.24. The highest BCUT2D eigenvalue weighted by molar-refractivity contribution is 7.89. The molecule has 1 aliphatic rings. The molecule has 1 aromatic carbocycles. The first-order valence-corrected chi connectivity index (χ1v) is 8.92. The maximum absolute atomic E-state index is 13.8. The Morgan fingerprint density at radius 2 is 2.13 bits per heavy atom. The number of aliphatic hydroxyl groups is 1. The Labute approximate surface area is 134 Å². The molecule has 0 amide bonds. The topological polar surface area (TPSA) is 84.2 Å². The van der Waals surface area contributed by atoms with Gasteiger partial charge in [-0.05, 0) is 37.3 Å². The van der Waals surface area contributed by atoms with E-state index in [9.17, 15) is 12.8 Å². The van der Waals surface area contributed by atoms with Crippen LogP contribution in [0.1, 0.15) is 19.3 Å². The van der Waals surface area contributed by atoms with Gasteiger partial charge in [-0.3, -0.25) is 0 Å². The van der Waals surface area contributed by atoms with Crippen molar-refractivity contribution in [1.29, 1.82) is 0 Å². The fraction of sp³-hybridized carbons (Fsp3) is 0.400. The molecular weight excluding hydrogens is 321 g/mol. The summed E-state index contributed by atoms with van der Waals surface area (Å²) in [4.78, 5) is -0.0238. The fourth-order valence-electron chi connectivity index (χ4n) is 2.51. The van der Waals surface area contributed by atoms with E-state index >= 15 is 0 Å². The summed E-state index contributed by atoms with van der Waals surface area (Å²) in [6.45, 7) is -0.0713. The number of nitrogens with zero attached hydrogens (tertiary/aromatic N) is 2. The number of para-hydroxylation sites is 1. The first-order chi connectivity index (χ1) is 11.0. The number of aliphatic hydroxyl groups excluding tert-OH is 1. The molecule has 3 rings (SSSR count). The molecule has 8 heteroatoms. The van der Waals surface area contributed by atoms with Crippen LogP contribution in [0.2, 0.25) is 0 Å². The highest BCUT2D eigenvalue weighted by Gasteiger charge is 2.34. The number of sulfonamides is 1. The highest BCUT2D eigenvalue weighted by Crippen LogP contribution is 2.34. The molecule has 1 aromatic heterocycles. The zero-order valence-corrected chi connectivity index (χ0v) is 13.2. The monoisotopic (exact) mass is 339 g/mol. The van der Waals surface area contributed by atoms with Crippen molar-refractivity contribution in [2.45, 2.75) is 30.2 Å². The largest absolute Gasteiger partial charge is 0.396 e. The van der Waals surface area contributed by atoms with Crippen LogP contribution in [0.25, 0.3) is 5.69 Å². The van der Waals surface area contributed by atoms with Gasteiger partial charge >= 0.3 is 0 Å². The van der Waals surface area contributed by atoms with Crippen LogP contribution < -0.4 is 4.72 Å². The molecule has 1 saturated carbocycles. The lowest BCUT2D eigenvalue weighted by Gasteiger charge is -2.16. The number of nitrogens with one attached hydrogen (secondary N) is 1. The van der Waals surface area contributed by atoms with E-state index in [0.717, 1.165) is 12.8 Å². The van der Waals surface area contributed by atoms with Gasteiger partial charge in [0.25, 0.3) is 0 Å². The molecule has 1 aliphatic carbocycles. The van der Waals surface area contributed by atoms with Crippen LogP contribution in [0, 0.1) is 11.7 Å². The molecule has 0 bridgehead atoms. The van der Waals surface area contributed by atoms with Crippen molar-refractivity contribution in [3.8, 4) is 5.69 Å². The Bertz CT molecular complexity index is 787. The second kappa shape index (κ2) is 6.38. The zero-order valence-electron chi connectivity index (χ0n) is 12.4. The number of hydrogen-bond donors (Lipinski definition) is 2. The minimum Gasteiger partial charge on any atom is -0.396 e. The van der Waals surface area contributed by atoms with Gasteiger partial charge < -0.3 is 5.11 Å². The Hall–Kier alpha value is -1.77. The summed E-state index contributed by atoms with van der Waals surface area (Å²) in [6, 6.07) is 5.73. The molecule has 2 aromatic rings. The molecule has 23 heavy (non-hydrogen) atoms. The molecule has 1 unspecified atom stereocenters. The maximum atomic E-state index is 13.8. The van der Waals surface area contributed by atoms with Crippen molar-refractivity contribution in [2.75, 3.05) is 6.61 Å². The Balaban J connectivity index is 1.82. The predicted octanol–water partition coefficient (Wildman–Crippen LogP) is 1.45. The van der Waals surface area contributed by atoms with E-state index < -0.39 is 15.8 Å². The normalized spacial score (nSPS) is 16.4. The Kier molecular flexibility index (Phi) is 4.47. The average molecular weight is 339 g/mol. The number of halogens is 1. The van der Waals surface area contributed by atoms with Gasteiger partial charge in [-0.2, -0.15) is 5.10 Å². The van der Waals surface area contributed by atoms with Crippen molar-refractivity contribution in [3.63, 3.8) is 0 Å². The van der Waals surface area contributed by atoms with Crippen molar-refractivity contribution >= 4 is 10.0 Å². The van der Waals surface area contributed by atoms with Gasteiger partial charge in [-0.15, -0.1) is 0 Å². The molecule has 0 spiro atoms. The number of aromatic nitrogens is 2. The highest BCUT2D eigenvalue weighted by atomic mass is 32.2. The lowest BCUT2D eigenvalue weighted by molar-refractivity contribution is 0.265. The summed E-state index contributed by atoms with van der Waals surface area (Å²) < 4.78 is 42.4. The van der Waals surface area contributed by atoms with E-state index in [-0.39, 0.29) is 29.1 Å². The SMILES string of the molecule is O=S(=O)(NC(CCO)C1CC1)c1cnn(-c2ccccc2F)c1. The van der Waals surface area contributed by atoms with Crippen molar-refractivity contribution < 1.29 is 17.9 Å². The maximum Gasteiger partial charge on any atom is 0.243 e. The predicted molar refractivity (Wildman–Crippen MR) is 82.1 cm³/mol. The van der Waals surface area contributed by atoms with Crippen molar-refractivity contribution in [3.05, 3.63) is 42.5 Å². The minimum absolute atomic E-state index is 0.0238. The van der Waals surface area contributed by atoms with Crippen LogP contribution in [0.15, 0.2) is 41.6 Å². The van der Waals surface area contributed by atoms with Crippen molar-refractivity contribution in [1.82, 2.24) is 14.5 Å². The summed E-state index contributed by atoms with van der Waals surface area (Å²) in [5.74, 6) is -0.206. The van der Waals surface area contributed by atoms with Crippen LogP contribution in [-0.2, 0) is 10.0 Å². The van der Waals surface area contributed by atoms with Crippen molar-refractivity contribution in [2.24, 2.45) is 5.92 Å².